The van der Waals surface area contributed by atoms with Gasteiger partial charge < -0.3 is 0 Å². The molecule has 0 atom stereocenters. The van der Waals surface area contributed by atoms with Crippen LogP contribution in [0.3, 0.4) is 0 Å². The van der Waals surface area contributed by atoms with Crippen molar-refractivity contribution in [1.82, 2.24) is 0 Å². The van der Waals surface area contributed by atoms with Crippen molar-refractivity contribution in [3.8, 4) is 0 Å². The summed E-state index contributed by atoms with van der Waals surface area (Å²) in [5.41, 5.74) is 0. The van der Waals surface area contributed by atoms with Crippen LogP contribution in [0, 0.1) is 0 Å². The number of rotatable bonds is 2. The summed E-state index contributed by atoms with van der Waals surface area (Å²) in [6.45, 7) is 2.23. The molecule has 0 aromatic carbocycles. The van der Waals surface area contributed by atoms with Crippen LogP contribution in [0.4, 0.5) is 0 Å². The minimum absolute atomic E-state index is 1.37. The van der Waals surface area contributed by atoms with E-state index >= 15 is 0 Å². The summed E-state index contributed by atoms with van der Waals surface area (Å²) in [5, 5.41) is 0. The van der Waals surface area contributed by atoms with Crippen LogP contribution in [0.25, 0.3) is 0 Å². The third-order valence-electron chi connectivity index (χ3n) is 0.530. The molecular formula is C4H9Sn+. The van der Waals surface area contributed by atoms with E-state index in [1.54, 1.807) is 22.5 Å². The Balaban J connectivity index is 2.19. The van der Waals surface area contributed by atoms with Gasteiger partial charge in [0.1, 0.15) is 0 Å². The molecule has 0 fully saturated rings. The Morgan fingerprint density at radius 3 is 2.20 bits per heavy atom. The molecule has 0 N–H and O–H groups in total. The van der Waals surface area contributed by atoms with Crippen LogP contribution in [0.2, 0.25) is 4.44 Å². The van der Waals surface area contributed by atoms with Gasteiger partial charge in [0.05, 0.1) is 0 Å². The fourth-order valence-corrected chi connectivity index (χ4v) is 1.19. The second-order valence-corrected chi connectivity index (χ2v) is 2.53. The molecule has 0 nitrogen and oxygen atoms in total. The van der Waals surface area contributed by atoms with Crippen LogP contribution in [0.1, 0.15) is 19.8 Å². The van der Waals surface area contributed by atoms with E-state index in [2.05, 4.69) is 6.92 Å². The first-order valence-corrected chi connectivity index (χ1v) is 4.08. The molecule has 0 aliphatic rings. The number of hydrogen-bond acceptors (Lipinski definition) is 0. The second kappa shape index (κ2) is 4.80. The Hall–Kier alpha value is 0.799. The van der Waals surface area contributed by atoms with Gasteiger partial charge >= 0.3 is 46.7 Å². The molecule has 0 unspecified atom stereocenters. The fourth-order valence-electron chi connectivity index (χ4n) is 0.177. The van der Waals surface area contributed by atoms with Crippen LogP contribution in [0.15, 0.2) is 0 Å². The average molecular weight is 176 g/mol. The average Bonchev–Trinajstić information content (AvgIpc) is 1.41. The van der Waals surface area contributed by atoms with E-state index in [0.29, 0.717) is 0 Å². The summed E-state index contributed by atoms with van der Waals surface area (Å²) in [7, 11) is 0. The van der Waals surface area contributed by atoms with Gasteiger partial charge in [0.2, 0.25) is 0 Å². The van der Waals surface area contributed by atoms with E-state index in [-0.39, 0.29) is 0 Å². The summed E-state index contributed by atoms with van der Waals surface area (Å²) in [4.78, 5) is 0. The van der Waals surface area contributed by atoms with Gasteiger partial charge in [-0.25, -0.2) is 0 Å². The molecule has 0 amide bonds. The quantitative estimate of drug-likeness (QED) is 0.557. The Morgan fingerprint density at radius 2 is 2.20 bits per heavy atom. The molecule has 0 aromatic rings. The molecule has 5 heavy (non-hydrogen) atoms. The van der Waals surface area contributed by atoms with Crippen LogP contribution >= 0.6 is 0 Å². The summed E-state index contributed by atoms with van der Waals surface area (Å²) in [6, 6.07) is 0. The van der Waals surface area contributed by atoms with Gasteiger partial charge in [-0.05, 0) is 0 Å². The molecule has 0 aliphatic carbocycles. The number of hydrogen-bond donors (Lipinski definition) is 0. The molecule has 0 saturated heterocycles. The zero-order valence-corrected chi connectivity index (χ0v) is 6.48. The van der Waals surface area contributed by atoms with Crippen molar-refractivity contribution >= 4 is 22.5 Å². The van der Waals surface area contributed by atoms with Gasteiger partial charge in [-0.15, -0.1) is 0 Å². The molecule has 1 heteroatoms. The monoisotopic (exact) mass is 177 g/mol. The second-order valence-electron chi connectivity index (χ2n) is 1.10. The maximum atomic E-state index is 2.23. The Kier molecular flexibility index (Phi) is 5.57. The topological polar surface area (TPSA) is 0 Å². The molecule has 2 radical (unpaired) electrons. The molecule has 28 valence electrons. The number of unbranched alkanes of at least 4 members (excludes halogenated alkanes) is 1. The van der Waals surface area contributed by atoms with Crippen LogP contribution < -0.4 is 0 Å². The third kappa shape index (κ3) is 4.80. The van der Waals surface area contributed by atoms with Crippen molar-refractivity contribution in [2.45, 2.75) is 24.2 Å². The molecule has 0 aromatic heterocycles. The zero-order valence-electron chi connectivity index (χ0n) is 3.62. The predicted molar refractivity (Wildman–Crippen MR) is 25.5 cm³/mol. The van der Waals surface area contributed by atoms with Crippen LogP contribution in [-0.2, 0) is 0 Å². The normalized spacial score (nSPS) is 8.20. The van der Waals surface area contributed by atoms with Gasteiger partial charge in [0, 0.05) is 0 Å². The summed E-state index contributed by atoms with van der Waals surface area (Å²) >= 11 is 1.68. The molecule has 0 aliphatic heterocycles. The third-order valence-corrected chi connectivity index (χ3v) is 1.54. The first-order valence-electron chi connectivity index (χ1n) is 2.06. The molecule has 0 bridgehead atoms. The molecule has 0 saturated carbocycles. The van der Waals surface area contributed by atoms with E-state index < -0.39 is 0 Å². The van der Waals surface area contributed by atoms with E-state index in [0.717, 1.165) is 0 Å². The minimum atomic E-state index is 1.37. The first kappa shape index (κ1) is 5.80. The SMILES string of the molecule is CCC[CH2][Sn+]. The molecular weight excluding hydrogens is 167 g/mol. The van der Waals surface area contributed by atoms with Gasteiger partial charge in [-0.3, -0.25) is 0 Å². The Morgan fingerprint density at radius 1 is 1.60 bits per heavy atom. The van der Waals surface area contributed by atoms with Gasteiger partial charge in [-0.1, -0.05) is 0 Å². The molecule has 0 spiro atoms. The van der Waals surface area contributed by atoms with Crippen molar-refractivity contribution in [3.05, 3.63) is 0 Å². The Bertz CT molecular complexity index is 11.1. The molecule has 0 rings (SSSR count). The maximum absolute atomic E-state index is 2.23. The van der Waals surface area contributed by atoms with Crippen molar-refractivity contribution in [2.75, 3.05) is 0 Å². The standard InChI is InChI=1S/C4H9.Sn/c1-3-4-2;/h1,3-4H2,2H3;/q;+1. The van der Waals surface area contributed by atoms with E-state index in [9.17, 15) is 0 Å². The Labute approximate surface area is 47.0 Å². The summed E-state index contributed by atoms with van der Waals surface area (Å²) in [6.07, 6.45) is 2.80. The first-order chi connectivity index (χ1) is 2.41. The summed E-state index contributed by atoms with van der Waals surface area (Å²) in [5.74, 6) is 0. The van der Waals surface area contributed by atoms with Crippen molar-refractivity contribution < 1.29 is 0 Å². The van der Waals surface area contributed by atoms with Crippen molar-refractivity contribution in [1.29, 1.82) is 0 Å². The van der Waals surface area contributed by atoms with E-state index in [1.165, 1.54) is 17.3 Å². The van der Waals surface area contributed by atoms with E-state index in [4.69, 9.17) is 0 Å². The zero-order chi connectivity index (χ0) is 4.12. The summed E-state index contributed by atoms with van der Waals surface area (Å²) < 4.78 is 1.43. The molecule has 0 heterocycles. The van der Waals surface area contributed by atoms with Gasteiger partial charge in [0.15, 0.2) is 0 Å². The fraction of sp³-hybridized carbons (Fsp3) is 1.00. The van der Waals surface area contributed by atoms with Crippen LogP contribution in [0.5, 0.6) is 0 Å². The van der Waals surface area contributed by atoms with Gasteiger partial charge in [-0.2, -0.15) is 0 Å². The van der Waals surface area contributed by atoms with Gasteiger partial charge in [0.25, 0.3) is 0 Å². The predicted octanol–water partition coefficient (Wildman–Crippen LogP) is 1.37. The van der Waals surface area contributed by atoms with Crippen molar-refractivity contribution in [2.24, 2.45) is 0 Å². The van der Waals surface area contributed by atoms with E-state index in [1.807, 2.05) is 0 Å². The van der Waals surface area contributed by atoms with Crippen LogP contribution in [-0.4, -0.2) is 22.5 Å². The van der Waals surface area contributed by atoms with Crippen molar-refractivity contribution in [3.63, 3.8) is 0 Å².